The SMILES string of the molecule is CCOc1ccc(S(=O)(=O)N(CC(=O)N(Cc2cccc(C)c2)[C@H](CC)C(=O)NC2CCCCC2)c2ccc(F)cc2)cc1. The first-order valence-electron chi connectivity index (χ1n) is 15.3. The maximum Gasteiger partial charge on any atom is 0.264 e. The number of hydrogen-bond donors (Lipinski definition) is 1. The maximum atomic E-state index is 14.2. The van der Waals surface area contributed by atoms with Gasteiger partial charge in [0.1, 0.15) is 24.2 Å². The third kappa shape index (κ3) is 8.37. The van der Waals surface area contributed by atoms with Crippen LogP contribution in [0.25, 0.3) is 0 Å². The zero-order valence-corrected chi connectivity index (χ0v) is 26.5. The molecule has 4 rings (SSSR count). The first kappa shape index (κ1) is 33.0. The van der Waals surface area contributed by atoms with Crippen molar-refractivity contribution in [1.29, 1.82) is 0 Å². The van der Waals surface area contributed by atoms with Gasteiger partial charge < -0.3 is 15.0 Å². The topological polar surface area (TPSA) is 96.0 Å². The molecule has 0 saturated heterocycles. The Bertz CT molecular complexity index is 1510. The van der Waals surface area contributed by atoms with Gasteiger partial charge in [0.15, 0.2) is 0 Å². The molecule has 1 fully saturated rings. The number of ether oxygens (including phenoxy) is 1. The molecule has 8 nitrogen and oxygen atoms in total. The Balaban J connectivity index is 1.70. The molecule has 1 aliphatic carbocycles. The molecule has 0 bridgehead atoms. The summed E-state index contributed by atoms with van der Waals surface area (Å²) >= 11 is 0. The van der Waals surface area contributed by atoms with Crippen molar-refractivity contribution in [2.45, 2.75) is 82.8 Å². The number of anilines is 1. The Morgan fingerprint density at radius 1 is 0.977 bits per heavy atom. The van der Waals surface area contributed by atoms with E-state index >= 15 is 0 Å². The predicted octanol–water partition coefficient (Wildman–Crippen LogP) is 5.98. The second kappa shape index (κ2) is 15.2. The highest BCUT2D eigenvalue weighted by Gasteiger charge is 2.34. The van der Waals surface area contributed by atoms with Gasteiger partial charge in [-0.2, -0.15) is 0 Å². The summed E-state index contributed by atoms with van der Waals surface area (Å²) in [6, 6.07) is 17.8. The van der Waals surface area contributed by atoms with Gasteiger partial charge >= 0.3 is 0 Å². The van der Waals surface area contributed by atoms with Crippen LogP contribution in [-0.2, 0) is 26.2 Å². The minimum atomic E-state index is -4.27. The van der Waals surface area contributed by atoms with E-state index in [1.165, 1.54) is 29.2 Å². The van der Waals surface area contributed by atoms with Gasteiger partial charge in [0, 0.05) is 12.6 Å². The van der Waals surface area contributed by atoms with Crippen molar-refractivity contribution in [3.05, 3.63) is 89.7 Å². The van der Waals surface area contributed by atoms with Gasteiger partial charge in [-0.1, -0.05) is 56.0 Å². The Hall–Kier alpha value is -3.92. The highest BCUT2D eigenvalue weighted by atomic mass is 32.2. The second-order valence-corrected chi connectivity index (χ2v) is 13.0. The third-order valence-electron chi connectivity index (χ3n) is 7.89. The summed E-state index contributed by atoms with van der Waals surface area (Å²) in [6.45, 7) is 5.58. The monoisotopic (exact) mass is 623 g/mol. The molecular formula is C34H42FN3O5S. The van der Waals surface area contributed by atoms with E-state index in [1.54, 1.807) is 12.1 Å². The van der Waals surface area contributed by atoms with Crippen molar-refractivity contribution in [3.63, 3.8) is 0 Å². The number of sulfonamides is 1. The minimum absolute atomic E-state index is 0.0506. The molecule has 0 unspecified atom stereocenters. The molecule has 0 radical (unpaired) electrons. The van der Waals surface area contributed by atoms with Crippen molar-refractivity contribution < 1.29 is 27.1 Å². The normalized spacial score (nSPS) is 14.5. The van der Waals surface area contributed by atoms with Gasteiger partial charge in [-0.3, -0.25) is 13.9 Å². The molecule has 1 aliphatic rings. The molecule has 0 heterocycles. The van der Waals surface area contributed by atoms with E-state index in [4.69, 9.17) is 4.74 Å². The second-order valence-electron chi connectivity index (χ2n) is 11.2. The third-order valence-corrected chi connectivity index (χ3v) is 9.68. The number of benzene rings is 3. The molecule has 236 valence electrons. The van der Waals surface area contributed by atoms with E-state index in [9.17, 15) is 22.4 Å². The number of carbonyl (C=O) groups is 2. The molecule has 1 N–H and O–H groups in total. The van der Waals surface area contributed by atoms with Crippen LogP contribution in [-0.4, -0.2) is 50.4 Å². The number of amides is 2. The van der Waals surface area contributed by atoms with Crippen molar-refractivity contribution in [2.75, 3.05) is 17.5 Å². The molecule has 0 aliphatic heterocycles. The molecular weight excluding hydrogens is 581 g/mol. The lowest BCUT2D eigenvalue weighted by molar-refractivity contribution is -0.140. The Kier molecular flexibility index (Phi) is 11.4. The number of rotatable bonds is 13. The number of nitrogens with zero attached hydrogens (tertiary/aromatic N) is 2. The maximum absolute atomic E-state index is 14.2. The average molecular weight is 624 g/mol. The van der Waals surface area contributed by atoms with Gasteiger partial charge in [-0.05, 0) is 87.2 Å². The van der Waals surface area contributed by atoms with Gasteiger partial charge in [-0.15, -0.1) is 0 Å². The lowest BCUT2D eigenvalue weighted by Gasteiger charge is -2.34. The smallest absolute Gasteiger partial charge is 0.264 e. The average Bonchev–Trinajstić information content (AvgIpc) is 3.01. The van der Waals surface area contributed by atoms with Gasteiger partial charge in [-0.25, -0.2) is 12.8 Å². The Morgan fingerprint density at radius 3 is 2.27 bits per heavy atom. The fourth-order valence-corrected chi connectivity index (χ4v) is 7.02. The van der Waals surface area contributed by atoms with Crippen molar-refractivity contribution in [3.8, 4) is 5.75 Å². The lowest BCUT2D eigenvalue weighted by Crippen LogP contribution is -2.54. The van der Waals surface area contributed by atoms with Gasteiger partial charge in [0.2, 0.25) is 11.8 Å². The number of aryl methyl sites for hydroxylation is 1. The quantitative estimate of drug-likeness (QED) is 0.253. The molecule has 3 aromatic rings. The standard InChI is InChI=1S/C34H42FN3O5S/c1-4-32(34(40)36-28-12-7-6-8-13-28)37(23-26-11-9-10-25(3)22-26)33(39)24-38(29-16-14-27(35)15-17-29)44(41,42)31-20-18-30(19-21-31)43-5-2/h9-11,14-22,28,32H,4-8,12-13,23-24H2,1-3H3,(H,36,40)/t32-/m1/s1. The van der Waals surface area contributed by atoms with Crippen molar-refractivity contribution in [1.82, 2.24) is 10.2 Å². The van der Waals surface area contributed by atoms with Crippen LogP contribution in [0.3, 0.4) is 0 Å². The molecule has 0 spiro atoms. The summed E-state index contributed by atoms with van der Waals surface area (Å²) in [5.74, 6) is -0.820. The van der Waals surface area contributed by atoms with Crippen LogP contribution >= 0.6 is 0 Å². The van der Waals surface area contributed by atoms with Crippen molar-refractivity contribution in [2.24, 2.45) is 0 Å². The Labute approximate surface area is 260 Å². The summed E-state index contributed by atoms with van der Waals surface area (Å²) in [5.41, 5.74) is 1.95. The van der Waals surface area contributed by atoms with Crippen LogP contribution in [0.1, 0.15) is 63.5 Å². The molecule has 1 saturated carbocycles. The largest absolute Gasteiger partial charge is 0.494 e. The molecule has 3 aromatic carbocycles. The number of carbonyl (C=O) groups excluding carboxylic acids is 2. The predicted molar refractivity (Wildman–Crippen MR) is 169 cm³/mol. The van der Waals surface area contributed by atoms with Crippen LogP contribution in [0.2, 0.25) is 0 Å². The van der Waals surface area contributed by atoms with E-state index in [-0.39, 0.29) is 29.1 Å². The van der Waals surface area contributed by atoms with Crippen LogP contribution in [0.15, 0.2) is 77.7 Å². The Morgan fingerprint density at radius 2 is 1.66 bits per heavy atom. The molecule has 44 heavy (non-hydrogen) atoms. The first-order valence-corrected chi connectivity index (χ1v) is 16.7. The van der Waals surface area contributed by atoms with E-state index < -0.39 is 34.3 Å². The zero-order chi connectivity index (χ0) is 31.7. The molecule has 2 amide bonds. The number of halogens is 1. The molecule has 0 aromatic heterocycles. The van der Waals surface area contributed by atoms with Crippen LogP contribution < -0.4 is 14.4 Å². The van der Waals surface area contributed by atoms with Crippen LogP contribution in [0.5, 0.6) is 5.75 Å². The molecule has 1 atom stereocenters. The lowest BCUT2D eigenvalue weighted by atomic mass is 9.95. The molecule has 10 heteroatoms. The van der Waals surface area contributed by atoms with Gasteiger partial charge in [0.25, 0.3) is 10.0 Å². The first-order chi connectivity index (χ1) is 21.1. The van der Waals surface area contributed by atoms with E-state index in [1.807, 2.05) is 45.0 Å². The fraction of sp³-hybridized carbons (Fsp3) is 0.412. The number of nitrogens with one attached hydrogen (secondary N) is 1. The summed E-state index contributed by atoms with van der Waals surface area (Å²) in [6.07, 6.45) is 5.37. The summed E-state index contributed by atoms with van der Waals surface area (Å²) in [7, 11) is -4.27. The summed E-state index contributed by atoms with van der Waals surface area (Å²) in [5, 5.41) is 3.15. The van der Waals surface area contributed by atoms with E-state index in [0.29, 0.717) is 18.8 Å². The van der Waals surface area contributed by atoms with Crippen LogP contribution in [0, 0.1) is 12.7 Å². The van der Waals surface area contributed by atoms with E-state index in [2.05, 4.69) is 5.32 Å². The van der Waals surface area contributed by atoms with E-state index in [0.717, 1.165) is 59.7 Å². The fourth-order valence-electron chi connectivity index (χ4n) is 5.61. The zero-order valence-electron chi connectivity index (χ0n) is 25.7. The highest BCUT2D eigenvalue weighted by molar-refractivity contribution is 7.92. The summed E-state index contributed by atoms with van der Waals surface area (Å²) < 4.78 is 48.4. The van der Waals surface area contributed by atoms with Crippen LogP contribution in [0.4, 0.5) is 10.1 Å². The minimum Gasteiger partial charge on any atom is -0.494 e. The van der Waals surface area contributed by atoms with Crippen molar-refractivity contribution >= 4 is 27.5 Å². The summed E-state index contributed by atoms with van der Waals surface area (Å²) in [4.78, 5) is 29.3. The van der Waals surface area contributed by atoms with Gasteiger partial charge in [0.05, 0.1) is 17.2 Å². The number of hydrogen-bond acceptors (Lipinski definition) is 5. The highest BCUT2D eigenvalue weighted by Crippen LogP contribution is 2.27.